The average Bonchev–Trinajstić information content (AvgIpc) is 2.01. The van der Waals surface area contributed by atoms with E-state index in [4.69, 9.17) is 5.11 Å². The van der Waals surface area contributed by atoms with Crippen molar-refractivity contribution in [1.29, 1.82) is 0 Å². The molecule has 0 heterocycles. The van der Waals surface area contributed by atoms with E-state index in [1.54, 1.807) is 0 Å². The highest BCUT2D eigenvalue weighted by Gasteiger charge is 1.89. The van der Waals surface area contributed by atoms with Crippen molar-refractivity contribution in [2.45, 2.75) is 33.1 Å². The Morgan fingerprint density at radius 3 is 2.82 bits per heavy atom. The van der Waals surface area contributed by atoms with Crippen LogP contribution in [0.2, 0.25) is 0 Å². The van der Waals surface area contributed by atoms with Gasteiger partial charge < -0.3 is 10.5 Å². The summed E-state index contributed by atoms with van der Waals surface area (Å²) in [7, 11) is 0. The summed E-state index contributed by atoms with van der Waals surface area (Å²) in [6.45, 7) is 4.85. The lowest BCUT2D eigenvalue weighted by Crippen LogP contribution is -2.13. The van der Waals surface area contributed by atoms with Gasteiger partial charge in [-0.05, 0) is 19.8 Å². The molecule has 0 spiro atoms. The maximum atomic E-state index is 8.42. The number of hydrogen-bond acceptors (Lipinski definition) is 3. The van der Waals surface area contributed by atoms with Crippen LogP contribution in [0, 0.1) is 0 Å². The summed E-state index contributed by atoms with van der Waals surface area (Å²) in [5.41, 5.74) is 3.89. The van der Waals surface area contributed by atoms with Crippen molar-refractivity contribution in [1.82, 2.24) is 5.43 Å². The predicted octanol–water partition coefficient (Wildman–Crippen LogP) is 1.13. The fourth-order valence-electron chi connectivity index (χ4n) is 0.729. The zero-order valence-corrected chi connectivity index (χ0v) is 7.43. The van der Waals surface area contributed by atoms with Crippen molar-refractivity contribution >= 4 is 5.71 Å². The topological polar surface area (TPSA) is 44.6 Å². The van der Waals surface area contributed by atoms with E-state index in [0.717, 1.165) is 12.1 Å². The fourth-order valence-corrected chi connectivity index (χ4v) is 0.729. The molecule has 0 aliphatic rings. The number of hydrogen-bond donors (Lipinski definition) is 2. The average molecular weight is 158 g/mol. The van der Waals surface area contributed by atoms with Crippen LogP contribution in [0.15, 0.2) is 5.10 Å². The van der Waals surface area contributed by atoms with Crippen LogP contribution in [0.1, 0.15) is 33.1 Å². The lowest BCUT2D eigenvalue weighted by molar-refractivity contribution is 0.293. The van der Waals surface area contributed by atoms with Gasteiger partial charge in [0.15, 0.2) is 0 Å². The second kappa shape index (κ2) is 7.54. The number of nitrogens with zero attached hydrogens (tertiary/aromatic N) is 1. The standard InChI is InChI=1S/C8H18N2O/c1-3-4-5-8(2)10-9-6-7-11/h9,11H,3-7H2,1-2H3. The van der Waals surface area contributed by atoms with Gasteiger partial charge in [-0.15, -0.1) is 0 Å². The van der Waals surface area contributed by atoms with E-state index in [0.29, 0.717) is 6.54 Å². The molecule has 0 amide bonds. The second-order valence-electron chi connectivity index (χ2n) is 2.58. The van der Waals surface area contributed by atoms with Crippen LogP contribution in [0.3, 0.4) is 0 Å². The molecule has 0 aromatic rings. The zero-order valence-electron chi connectivity index (χ0n) is 7.43. The predicted molar refractivity (Wildman–Crippen MR) is 47.7 cm³/mol. The first kappa shape index (κ1) is 10.4. The van der Waals surface area contributed by atoms with Crippen molar-refractivity contribution in [2.75, 3.05) is 13.2 Å². The van der Waals surface area contributed by atoms with Crippen molar-refractivity contribution in [3.8, 4) is 0 Å². The van der Waals surface area contributed by atoms with Crippen molar-refractivity contribution in [3.63, 3.8) is 0 Å². The monoisotopic (exact) mass is 158 g/mol. The van der Waals surface area contributed by atoms with Gasteiger partial charge in [0, 0.05) is 5.71 Å². The van der Waals surface area contributed by atoms with Gasteiger partial charge in [-0.1, -0.05) is 13.3 Å². The Hall–Kier alpha value is -0.570. The second-order valence-corrected chi connectivity index (χ2v) is 2.58. The van der Waals surface area contributed by atoms with Gasteiger partial charge in [-0.3, -0.25) is 0 Å². The molecule has 3 heteroatoms. The summed E-state index contributed by atoms with van der Waals surface area (Å²) >= 11 is 0. The molecule has 0 rings (SSSR count). The molecule has 0 radical (unpaired) electrons. The van der Waals surface area contributed by atoms with Gasteiger partial charge in [-0.25, -0.2) is 0 Å². The number of unbranched alkanes of at least 4 members (excludes halogenated alkanes) is 1. The summed E-state index contributed by atoms with van der Waals surface area (Å²) in [5.74, 6) is 0. The number of hydrazone groups is 1. The van der Waals surface area contributed by atoms with E-state index in [1.165, 1.54) is 12.8 Å². The van der Waals surface area contributed by atoms with E-state index >= 15 is 0 Å². The highest BCUT2D eigenvalue weighted by molar-refractivity contribution is 5.81. The van der Waals surface area contributed by atoms with E-state index in [-0.39, 0.29) is 6.61 Å². The normalized spacial score (nSPS) is 11.7. The van der Waals surface area contributed by atoms with Crippen LogP contribution in [0.5, 0.6) is 0 Å². The maximum Gasteiger partial charge on any atom is 0.0620 e. The van der Waals surface area contributed by atoms with Gasteiger partial charge in [0.05, 0.1) is 13.2 Å². The summed E-state index contributed by atoms with van der Waals surface area (Å²) in [4.78, 5) is 0. The lowest BCUT2D eigenvalue weighted by atomic mass is 10.2. The molecule has 0 aromatic carbocycles. The Morgan fingerprint density at radius 1 is 1.55 bits per heavy atom. The summed E-state index contributed by atoms with van der Waals surface area (Å²) in [6, 6.07) is 0. The van der Waals surface area contributed by atoms with Crippen LogP contribution < -0.4 is 5.43 Å². The first-order chi connectivity index (χ1) is 5.31. The first-order valence-corrected chi connectivity index (χ1v) is 4.18. The molecule has 0 atom stereocenters. The molecule has 0 bridgehead atoms. The molecule has 0 aromatic heterocycles. The van der Waals surface area contributed by atoms with E-state index < -0.39 is 0 Å². The molecule has 0 fully saturated rings. The van der Waals surface area contributed by atoms with Gasteiger partial charge in [-0.2, -0.15) is 5.10 Å². The molecule has 0 unspecified atom stereocenters. The lowest BCUT2D eigenvalue weighted by Gasteiger charge is -1.99. The molecule has 3 nitrogen and oxygen atoms in total. The molecule has 0 aliphatic heterocycles. The Balaban J connectivity index is 3.30. The molecule has 0 saturated carbocycles. The summed E-state index contributed by atoms with van der Waals surface area (Å²) in [6.07, 6.45) is 3.44. The minimum absolute atomic E-state index is 0.143. The molecule has 66 valence electrons. The third-order valence-corrected chi connectivity index (χ3v) is 1.39. The Kier molecular flexibility index (Phi) is 7.15. The fraction of sp³-hybridized carbons (Fsp3) is 0.875. The van der Waals surface area contributed by atoms with Gasteiger partial charge in [0.25, 0.3) is 0 Å². The summed E-state index contributed by atoms with van der Waals surface area (Å²) in [5, 5.41) is 12.5. The molecule has 0 saturated heterocycles. The summed E-state index contributed by atoms with van der Waals surface area (Å²) < 4.78 is 0. The van der Waals surface area contributed by atoms with Crippen LogP contribution in [0.4, 0.5) is 0 Å². The largest absolute Gasteiger partial charge is 0.394 e. The van der Waals surface area contributed by atoms with Crippen LogP contribution >= 0.6 is 0 Å². The molecule has 0 aliphatic carbocycles. The van der Waals surface area contributed by atoms with Crippen molar-refractivity contribution in [2.24, 2.45) is 5.10 Å². The minimum atomic E-state index is 0.143. The SMILES string of the molecule is CCCCC(C)=NNCCO. The van der Waals surface area contributed by atoms with Gasteiger partial charge in [0.2, 0.25) is 0 Å². The smallest absolute Gasteiger partial charge is 0.0620 e. The van der Waals surface area contributed by atoms with E-state index in [9.17, 15) is 0 Å². The van der Waals surface area contributed by atoms with Crippen molar-refractivity contribution < 1.29 is 5.11 Å². The van der Waals surface area contributed by atoms with E-state index in [1.807, 2.05) is 6.92 Å². The Labute approximate surface area is 68.5 Å². The Bertz CT molecular complexity index is 113. The highest BCUT2D eigenvalue weighted by Crippen LogP contribution is 1.95. The highest BCUT2D eigenvalue weighted by atomic mass is 16.3. The molecule has 2 N–H and O–H groups in total. The number of aliphatic hydroxyl groups excluding tert-OH is 1. The van der Waals surface area contributed by atoms with E-state index in [2.05, 4.69) is 17.5 Å². The van der Waals surface area contributed by atoms with Crippen LogP contribution in [-0.2, 0) is 0 Å². The quantitative estimate of drug-likeness (QED) is 0.346. The molecule has 11 heavy (non-hydrogen) atoms. The number of nitrogens with one attached hydrogen (secondary N) is 1. The first-order valence-electron chi connectivity index (χ1n) is 4.18. The molecular weight excluding hydrogens is 140 g/mol. The van der Waals surface area contributed by atoms with Crippen LogP contribution in [-0.4, -0.2) is 24.0 Å². The Morgan fingerprint density at radius 2 is 2.27 bits per heavy atom. The minimum Gasteiger partial charge on any atom is -0.394 e. The van der Waals surface area contributed by atoms with Gasteiger partial charge >= 0.3 is 0 Å². The number of aliphatic hydroxyl groups is 1. The maximum absolute atomic E-state index is 8.42. The zero-order chi connectivity index (χ0) is 8.53. The third-order valence-electron chi connectivity index (χ3n) is 1.39. The van der Waals surface area contributed by atoms with Crippen molar-refractivity contribution in [3.05, 3.63) is 0 Å². The van der Waals surface area contributed by atoms with Gasteiger partial charge in [0.1, 0.15) is 0 Å². The van der Waals surface area contributed by atoms with Crippen LogP contribution in [0.25, 0.3) is 0 Å². The molecular formula is C8H18N2O. The number of rotatable bonds is 6. The third kappa shape index (κ3) is 7.33.